The van der Waals surface area contributed by atoms with E-state index in [9.17, 15) is 13.2 Å². The summed E-state index contributed by atoms with van der Waals surface area (Å²) in [5.74, 6) is -0.767. The Kier molecular flexibility index (Phi) is 3.84. The topological polar surface area (TPSA) is 81.2 Å². The maximum Gasteiger partial charge on any atom is 0.573 e. The first-order valence-electron chi connectivity index (χ1n) is 5.58. The maximum absolute atomic E-state index is 12.3. The summed E-state index contributed by atoms with van der Waals surface area (Å²) in [6, 6.07) is 9.67. The lowest BCUT2D eigenvalue weighted by molar-refractivity contribution is -0.275. The molecule has 0 fully saturated rings. The highest BCUT2D eigenvalue weighted by atomic mass is 19.4. The summed E-state index contributed by atoms with van der Waals surface area (Å²) in [5, 5.41) is 8.79. The predicted octanol–water partition coefficient (Wildman–Crippen LogP) is 3.23. The van der Waals surface area contributed by atoms with Crippen LogP contribution in [0.15, 0.2) is 36.4 Å². The van der Waals surface area contributed by atoms with Gasteiger partial charge in [-0.2, -0.15) is 5.26 Å². The van der Waals surface area contributed by atoms with Crippen molar-refractivity contribution in [2.24, 2.45) is 0 Å². The number of benzene rings is 1. The molecule has 0 saturated heterocycles. The Morgan fingerprint density at radius 3 is 2.38 bits per heavy atom. The Bertz CT molecular complexity index is 696. The van der Waals surface area contributed by atoms with Crippen molar-refractivity contribution in [3.8, 4) is 23.4 Å². The normalized spacial score (nSPS) is 10.8. The highest BCUT2D eigenvalue weighted by Crippen LogP contribution is 2.34. The van der Waals surface area contributed by atoms with Crippen LogP contribution in [0, 0.1) is 11.3 Å². The van der Waals surface area contributed by atoms with E-state index in [4.69, 9.17) is 15.7 Å². The fourth-order valence-corrected chi connectivity index (χ4v) is 1.45. The lowest BCUT2D eigenvalue weighted by Gasteiger charge is -2.13. The number of nitrogen functional groups attached to an aromatic ring is 1. The molecule has 0 radical (unpaired) electrons. The smallest absolute Gasteiger partial charge is 0.435 e. The van der Waals surface area contributed by atoms with Crippen molar-refractivity contribution in [3.63, 3.8) is 0 Å². The molecule has 5 nitrogen and oxygen atoms in total. The average molecular weight is 295 g/mol. The van der Waals surface area contributed by atoms with E-state index in [1.807, 2.05) is 0 Å². The summed E-state index contributed by atoms with van der Waals surface area (Å²) in [4.78, 5) is 3.78. The third-order valence-corrected chi connectivity index (χ3v) is 2.30. The molecular formula is C13H8F3N3O2. The molecule has 1 heterocycles. The molecule has 2 aromatic rings. The van der Waals surface area contributed by atoms with E-state index in [1.165, 1.54) is 30.3 Å². The van der Waals surface area contributed by atoms with Gasteiger partial charge in [0, 0.05) is 6.07 Å². The van der Waals surface area contributed by atoms with E-state index in [-0.39, 0.29) is 23.0 Å². The third-order valence-electron chi connectivity index (χ3n) is 2.30. The van der Waals surface area contributed by atoms with Crippen LogP contribution in [-0.2, 0) is 0 Å². The number of pyridine rings is 1. The minimum absolute atomic E-state index is 0.0704. The van der Waals surface area contributed by atoms with Crippen molar-refractivity contribution in [2.75, 3.05) is 5.73 Å². The number of hydrogen-bond acceptors (Lipinski definition) is 5. The summed E-state index contributed by atoms with van der Waals surface area (Å²) in [5.41, 5.74) is 5.55. The van der Waals surface area contributed by atoms with Gasteiger partial charge in [-0.1, -0.05) is 12.1 Å². The summed E-state index contributed by atoms with van der Waals surface area (Å²) in [7, 11) is 0. The van der Waals surface area contributed by atoms with Crippen molar-refractivity contribution in [1.29, 1.82) is 5.26 Å². The predicted molar refractivity (Wildman–Crippen MR) is 66.6 cm³/mol. The number of aromatic nitrogens is 1. The summed E-state index contributed by atoms with van der Waals surface area (Å²) >= 11 is 0. The van der Waals surface area contributed by atoms with Gasteiger partial charge in [-0.3, -0.25) is 0 Å². The van der Waals surface area contributed by atoms with Gasteiger partial charge in [-0.15, -0.1) is 13.2 Å². The van der Waals surface area contributed by atoms with Crippen molar-refractivity contribution in [3.05, 3.63) is 42.1 Å². The number of alkyl halides is 3. The number of hydrogen-bond donors (Lipinski definition) is 1. The number of para-hydroxylation sites is 2. The van der Waals surface area contributed by atoms with Gasteiger partial charge in [-0.25, -0.2) is 4.98 Å². The van der Waals surface area contributed by atoms with E-state index in [0.717, 1.165) is 6.07 Å². The molecule has 0 aliphatic heterocycles. The zero-order valence-electron chi connectivity index (χ0n) is 10.4. The molecule has 108 valence electrons. The van der Waals surface area contributed by atoms with Crippen LogP contribution in [0.1, 0.15) is 5.69 Å². The highest BCUT2D eigenvalue weighted by Gasteiger charge is 2.32. The van der Waals surface area contributed by atoms with E-state index < -0.39 is 12.1 Å². The van der Waals surface area contributed by atoms with E-state index >= 15 is 0 Å². The fraction of sp³-hybridized carbons (Fsp3) is 0.0769. The zero-order chi connectivity index (χ0) is 15.5. The van der Waals surface area contributed by atoms with Crippen molar-refractivity contribution < 1.29 is 22.6 Å². The number of ether oxygens (including phenoxy) is 2. The number of nitrogens with two attached hydrogens (primary N) is 1. The molecule has 0 amide bonds. The highest BCUT2D eigenvalue weighted by molar-refractivity contribution is 5.51. The molecule has 0 spiro atoms. The van der Waals surface area contributed by atoms with Crippen LogP contribution < -0.4 is 15.2 Å². The van der Waals surface area contributed by atoms with E-state index in [0.29, 0.717) is 0 Å². The molecule has 1 aromatic carbocycles. The SMILES string of the molecule is N#Cc1nc(Oc2ccccc2OC(F)(F)F)ccc1N. The molecule has 0 atom stereocenters. The second-order valence-electron chi connectivity index (χ2n) is 3.80. The van der Waals surface area contributed by atoms with E-state index in [1.54, 1.807) is 6.07 Å². The lowest BCUT2D eigenvalue weighted by Crippen LogP contribution is -2.17. The standard InChI is InChI=1S/C13H8F3N3O2/c14-13(15,16)21-11-4-2-1-3-10(11)20-12-6-5-8(18)9(7-17)19-12/h1-6H,18H2. The molecule has 0 aliphatic rings. The number of nitriles is 1. The van der Waals surface area contributed by atoms with Crippen molar-refractivity contribution in [1.82, 2.24) is 4.98 Å². The monoisotopic (exact) mass is 295 g/mol. The Labute approximate surface area is 117 Å². The minimum Gasteiger partial charge on any atom is -0.435 e. The van der Waals surface area contributed by atoms with Crippen molar-refractivity contribution in [2.45, 2.75) is 6.36 Å². The summed E-state index contributed by atoms with van der Waals surface area (Å²) < 4.78 is 45.9. The van der Waals surface area contributed by atoms with Gasteiger partial charge >= 0.3 is 6.36 Å². The molecule has 0 bridgehead atoms. The first-order valence-corrected chi connectivity index (χ1v) is 5.58. The molecule has 0 unspecified atom stereocenters. The Hall–Kier alpha value is -2.95. The molecule has 21 heavy (non-hydrogen) atoms. The van der Waals surface area contributed by atoms with Gasteiger partial charge in [0.15, 0.2) is 17.2 Å². The van der Waals surface area contributed by atoms with Crippen LogP contribution in [0.25, 0.3) is 0 Å². The van der Waals surface area contributed by atoms with Gasteiger partial charge in [-0.05, 0) is 18.2 Å². The second-order valence-corrected chi connectivity index (χ2v) is 3.80. The zero-order valence-corrected chi connectivity index (χ0v) is 10.4. The summed E-state index contributed by atoms with van der Waals surface area (Å²) in [6.45, 7) is 0. The third kappa shape index (κ3) is 3.76. The average Bonchev–Trinajstić information content (AvgIpc) is 2.41. The van der Waals surface area contributed by atoms with Crippen LogP contribution in [0.4, 0.5) is 18.9 Å². The number of nitrogens with zero attached hydrogens (tertiary/aromatic N) is 2. The largest absolute Gasteiger partial charge is 0.573 e. The Morgan fingerprint density at radius 1 is 1.10 bits per heavy atom. The minimum atomic E-state index is -4.84. The van der Waals surface area contributed by atoms with Gasteiger partial charge in [0.2, 0.25) is 5.88 Å². The first kappa shape index (κ1) is 14.5. The molecule has 2 N–H and O–H groups in total. The van der Waals surface area contributed by atoms with Gasteiger partial charge in [0.25, 0.3) is 0 Å². The first-order chi connectivity index (χ1) is 9.89. The fourth-order valence-electron chi connectivity index (χ4n) is 1.45. The lowest BCUT2D eigenvalue weighted by atomic mass is 10.3. The van der Waals surface area contributed by atoms with E-state index in [2.05, 4.69) is 9.72 Å². The summed E-state index contributed by atoms with van der Waals surface area (Å²) in [6.07, 6.45) is -4.84. The molecule has 1 aromatic heterocycles. The maximum atomic E-state index is 12.3. The molecule has 8 heteroatoms. The second kappa shape index (κ2) is 5.58. The van der Waals surface area contributed by atoms with Crippen LogP contribution in [0.5, 0.6) is 17.4 Å². The number of rotatable bonds is 3. The van der Waals surface area contributed by atoms with Crippen LogP contribution in [0.2, 0.25) is 0 Å². The molecule has 2 rings (SSSR count). The molecular weight excluding hydrogens is 287 g/mol. The van der Waals surface area contributed by atoms with Gasteiger partial charge in [0.1, 0.15) is 6.07 Å². The number of anilines is 1. The van der Waals surface area contributed by atoms with Gasteiger partial charge in [0.05, 0.1) is 5.69 Å². The number of halogens is 3. The Morgan fingerprint density at radius 2 is 1.76 bits per heavy atom. The quantitative estimate of drug-likeness (QED) is 0.940. The van der Waals surface area contributed by atoms with Gasteiger partial charge < -0.3 is 15.2 Å². The molecule has 0 aliphatic carbocycles. The molecule has 0 saturated carbocycles. The van der Waals surface area contributed by atoms with Crippen LogP contribution in [0.3, 0.4) is 0 Å². The Balaban J connectivity index is 2.30. The van der Waals surface area contributed by atoms with Crippen LogP contribution >= 0.6 is 0 Å². The van der Waals surface area contributed by atoms with Crippen LogP contribution in [-0.4, -0.2) is 11.3 Å². The van der Waals surface area contributed by atoms with Crippen molar-refractivity contribution >= 4 is 5.69 Å².